The molecule has 1 amide bonds. The Bertz CT molecular complexity index is 1290. The summed E-state index contributed by atoms with van der Waals surface area (Å²) in [6.45, 7) is 6.05. The first-order chi connectivity index (χ1) is 16.5. The lowest BCUT2D eigenvalue weighted by Crippen LogP contribution is -2.22. The van der Waals surface area contributed by atoms with Crippen LogP contribution in [-0.4, -0.2) is 27.3 Å². The third kappa shape index (κ3) is 4.59. The van der Waals surface area contributed by atoms with Crippen molar-refractivity contribution in [2.24, 2.45) is 0 Å². The molecular weight excluding hydrogens is 460 g/mol. The molecule has 0 spiro atoms. The molecule has 0 aliphatic carbocycles. The van der Waals surface area contributed by atoms with Gasteiger partial charge in [0.15, 0.2) is 0 Å². The van der Waals surface area contributed by atoms with Crippen molar-refractivity contribution in [1.29, 1.82) is 0 Å². The van der Waals surface area contributed by atoms with E-state index in [0.717, 1.165) is 18.3 Å². The van der Waals surface area contributed by atoms with Crippen molar-refractivity contribution in [2.75, 3.05) is 11.9 Å². The molecule has 1 aliphatic heterocycles. The lowest BCUT2D eigenvalue weighted by Gasteiger charge is -2.20. The number of aromatic nitrogens is 2. The highest BCUT2D eigenvalue weighted by molar-refractivity contribution is 5.99. The van der Waals surface area contributed by atoms with Crippen molar-refractivity contribution in [3.8, 4) is 11.1 Å². The van der Waals surface area contributed by atoms with Gasteiger partial charge in [-0.15, -0.1) is 0 Å². The van der Waals surface area contributed by atoms with Crippen LogP contribution in [0.2, 0.25) is 0 Å². The summed E-state index contributed by atoms with van der Waals surface area (Å²) >= 11 is 0. The quantitative estimate of drug-likeness (QED) is 0.402. The smallest absolute Gasteiger partial charge is 0.254 e. The van der Waals surface area contributed by atoms with Gasteiger partial charge in [-0.1, -0.05) is 0 Å². The Hall–Kier alpha value is -3.49. The Kier molecular flexibility index (Phi) is 6.53. The van der Waals surface area contributed by atoms with Gasteiger partial charge in [-0.2, -0.15) is 0 Å². The molecule has 1 atom stereocenters. The average Bonchev–Trinajstić information content (AvgIpc) is 3.15. The fourth-order valence-electron chi connectivity index (χ4n) is 4.21. The number of hydrogen-bond donors (Lipinski definition) is 1. The van der Waals surface area contributed by atoms with Gasteiger partial charge in [-0.25, -0.2) is 22.5 Å². The molecule has 3 heterocycles. The molecular formula is C26H26F4N4O. The van der Waals surface area contributed by atoms with Crippen molar-refractivity contribution in [3.63, 3.8) is 0 Å². The number of nitrogens with zero attached hydrogens (tertiary/aromatic N) is 3. The zero-order chi connectivity index (χ0) is 25.5. The van der Waals surface area contributed by atoms with E-state index >= 15 is 8.78 Å². The van der Waals surface area contributed by atoms with E-state index in [1.165, 1.54) is 26.1 Å². The fourth-order valence-corrected chi connectivity index (χ4v) is 4.21. The van der Waals surface area contributed by atoms with Gasteiger partial charge >= 0.3 is 0 Å². The molecule has 5 nitrogen and oxygen atoms in total. The SMILES string of the molecule is CCN1Cc2c(ccnc2NC(C)c2cc(F)c(-c3cc(C(C)(C)F)ncc3CF)cc2F)C1=O. The number of fused-ring (bicyclic) bond motifs is 1. The van der Waals surface area contributed by atoms with Crippen LogP contribution < -0.4 is 5.32 Å². The molecule has 1 aromatic carbocycles. The second-order valence-electron chi connectivity index (χ2n) is 9.06. The van der Waals surface area contributed by atoms with E-state index < -0.39 is 30.0 Å². The van der Waals surface area contributed by atoms with E-state index in [9.17, 15) is 13.6 Å². The topological polar surface area (TPSA) is 58.1 Å². The molecule has 0 radical (unpaired) electrons. The maximum absolute atomic E-state index is 15.2. The number of benzene rings is 1. The molecule has 0 saturated carbocycles. The Balaban J connectivity index is 1.68. The first-order valence-electron chi connectivity index (χ1n) is 11.3. The van der Waals surface area contributed by atoms with Crippen LogP contribution in [0.25, 0.3) is 11.1 Å². The van der Waals surface area contributed by atoms with Crippen LogP contribution in [0.4, 0.5) is 23.4 Å². The molecule has 1 unspecified atom stereocenters. The first-order valence-corrected chi connectivity index (χ1v) is 11.3. The van der Waals surface area contributed by atoms with Gasteiger partial charge in [0.1, 0.15) is 29.8 Å². The van der Waals surface area contributed by atoms with E-state index in [-0.39, 0.29) is 33.9 Å². The normalized spacial score (nSPS) is 14.3. The average molecular weight is 487 g/mol. The van der Waals surface area contributed by atoms with Gasteiger partial charge < -0.3 is 10.2 Å². The summed E-state index contributed by atoms with van der Waals surface area (Å²) < 4.78 is 58.4. The van der Waals surface area contributed by atoms with Gasteiger partial charge in [-0.05, 0) is 57.5 Å². The van der Waals surface area contributed by atoms with Crippen LogP contribution in [0.1, 0.15) is 66.5 Å². The third-order valence-corrected chi connectivity index (χ3v) is 6.24. The third-order valence-electron chi connectivity index (χ3n) is 6.24. The van der Waals surface area contributed by atoms with Crippen molar-refractivity contribution in [3.05, 3.63) is 76.2 Å². The summed E-state index contributed by atoms with van der Waals surface area (Å²) in [5.41, 5.74) is -0.684. The fraction of sp³-hybridized carbons (Fsp3) is 0.346. The van der Waals surface area contributed by atoms with Crippen molar-refractivity contribution < 1.29 is 22.4 Å². The van der Waals surface area contributed by atoms with Gasteiger partial charge in [0.2, 0.25) is 0 Å². The van der Waals surface area contributed by atoms with E-state index in [2.05, 4.69) is 15.3 Å². The highest BCUT2D eigenvalue weighted by Crippen LogP contribution is 2.35. The molecule has 0 saturated heterocycles. The maximum Gasteiger partial charge on any atom is 0.254 e. The van der Waals surface area contributed by atoms with Crippen LogP contribution in [0.3, 0.4) is 0 Å². The molecule has 0 fully saturated rings. The van der Waals surface area contributed by atoms with Crippen LogP contribution >= 0.6 is 0 Å². The molecule has 4 rings (SSSR count). The zero-order valence-electron chi connectivity index (χ0n) is 19.9. The van der Waals surface area contributed by atoms with E-state index in [1.807, 2.05) is 6.92 Å². The molecule has 3 aromatic rings. The predicted molar refractivity (Wildman–Crippen MR) is 125 cm³/mol. The maximum atomic E-state index is 15.2. The summed E-state index contributed by atoms with van der Waals surface area (Å²) in [5, 5.41) is 3.09. The van der Waals surface area contributed by atoms with Gasteiger partial charge in [0.25, 0.3) is 5.91 Å². The minimum Gasteiger partial charge on any atom is -0.363 e. The summed E-state index contributed by atoms with van der Waals surface area (Å²) in [6, 6.07) is 4.22. The Morgan fingerprint density at radius 1 is 1.11 bits per heavy atom. The van der Waals surface area contributed by atoms with E-state index in [1.54, 1.807) is 17.9 Å². The largest absolute Gasteiger partial charge is 0.363 e. The number of amides is 1. The number of alkyl halides is 2. The lowest BCUT2D eigenvalue weighted by molar-refractivity contribution is 0.0787. The number of hydrogen-bond acceptors (Lipinski definition) is 4. The Labute approximate surface area is 201 Å². The molecule has 184 valence electrons. The Morgan fingerprint density at radius 3 is 2.51 bits per heavy atom. The van der Waals surface area contributed by atoms with Crippen LogP contribution in [-0.2, 0) is 18.9 Å². The number of carbonyl (C=O) groups excluding carboxylic acids is 1. The van der Waals surface area contributed by atoms with Gasteiger partial charge in [-0.3, -0.25) is 9.78 Å². The second kappa shape index (κ2) is 9.28. The van der Waals surface area contributed by atoms with Crippen molar-refractivity contribution >= 4 is 11.7 Å². The van der Waals surface area contributed by atoms with Crippen LogP contribution in [0.15, 0.2) is 36.7 Å². The van der Waals surface area contributed by atoms with Crippen LogP contribution in [0, 0.1) is 11.6 Å². The summed E-state index contributed by atoms with van der Waals surface area (Å²) in [6.07, 6.45) is 2.64. The van der Waals surface area contributed by atoms with E-state index in [0.29, 0.717) is 30.0 Å². The highest BCUT2D eigenvalue weighted by Gasteiger charge is 2.30. The number of rotatable bonds is 7. The minimum atomic E-state index is -1.84. The van der Waals surface area contributed by atoms with Crippen LogP contribution in [0.5, 0.6) is 0 Å². The molecule has 35 heavy (non-hydrogen) atoms. The summed E-state index contributed by atoms with van der Waals surface area (Å²) in [4.78, 5) is 22.3. The minimum absolute atomic E-state index is 0.0108. The van der Waals surface area contributed by atoms with Crippen molar-refractivity contribution in [2.45, 2.75) is 52.6 Å². The predicted octanol–water partition coefficient (Wildman–Crippen LogP) is 6.24. The Morgan fingerprint density at radius 2 is 1.86 bits per heavy atom. The summed E-state index contributed by atoms with van der Waals surface area (Å²) in [5.74, 6) is -1.18. The highest BCUT2D eigenvalue weighted by atomic mass is 19.1. The lowest BCUT2D eigenvalue weighted by atomic mass is 9.95. The number of anilines is 1. The molecule has 0 bridgehead atoms. The summed E-state index contributed by atoms with van der Waals surface area (Å²) in [7, 11) is 0. The van der Waals surface area contributed by atoms with E-state index in [4.69, 9.17) is 0 Å². The molecule has 2 aromatic heterocycles. The zero-order valence-corrected chi connectivity index (χ0v) is 19.9. The number of nitrogens with one attached hydrogen (secondary N) is 1. The first kappa shape index (κ1) is 24.6. The molecule has 9 heteroatoms. The van der Waals surface area contributed by atoms with Crippen molar-refractivity contribution in [1.82, 2.24) is 14.9 Å². The monoisotopic (exact) mass is 486 g/mol. The second-order valence-corrected chi connectivity index (χ2v) is 9.06. The van der Waals surface area contributed by atoms with Gasteiger partial charge in [0.05, 0.1) is 18.3 Å². The number of carbonyl (C=O) groups is 1. The molecule has 1 aliphatic rings. The number of halogens is 4. The standard InChI is InChI=1S/C26H26F4N4O/c1-5-34-13-20-16(25(34)35)6-7-31-24(20)33-14(2)17-8-22(29)19(9-21(17)28)18-10-23(26(3,4)30)32-12-15(18)11-27/h6-10,12,14H,5,11,13H2,1-4H3,(H,31,33). The van der Waals surface area contributed by atoms with Gasteiger partial charge in [0, 0.05) is 46.8 Å². The molecule has 1 N–H and O–H groups in total. The number of pyridine rings is 2.